The van der Waals surface area contributed by atoms with Crippen LogP contribution in [-0.4, -0.2) is 22.6 Å². The van der Waals surface area contributed by atoms with E-state index in [0.29, 0.717) is 0 Å². The van der Waals surface area contributed by atoms with Gasteiger partial charge in [0.2, 0.25) is 5.78 Å². The summed E-state index contributed by atoms with van der Waals surface area (Å²) in [5.41, 5.74) is 0. The van der Waals surface area contributed by atoms with Gasteiger partial charge in [0.25, 0.3) is 0 Å². The Morgan fingerprint density at radius 2 is 1.70 bits per heavy atom. The molecule has 0 heterocycles. The van der Waals surface area contributed by atoms with E-state index in [-0.39, 0.29) is 21.1 Å². The largest absolute Gasteiger partial charge is 0.475 e. The summed E-state index contributed by atoms with van der Waals surface area (Å²) in [6, 6.07) is 0. The number of carbonyl (C=O) groups is 3. The van der Waals surface area contributed by atoms with Gasteiger partial charge in [-0.15, -0.1) is 0 Å². The Balaban J connectivity index is 0. The van der Waals surface area contributed by atoms with Crippen molar-refractivity contribution in [2.75, 3.05) is 0 Å². The monoisotopic (exact) mass is 325 g/mol. The van der Waals surface area contributed by atoms with Crippen molar-refractivity contribution < 1.29 is 40.6 Å². The van der Waals surface area contributed by atoms with Crippen LogP contribution in [0.5, 0.6) is 0 Å². The molecule has 10 heavy (non-hydrogen) atoms. The smallest absolute Gasteiger partial charge is 0.372 e. The zero-order valence-corrected chi connectivity index (χ0v) is 7.47. The molecular weight excluding hydrogens is 319 g/mol. The SMILES string of the molecule is CC(=O)CC(=O)C(=O)O.[Pt]. The average molecular weight is 325 g/mol. The molecule has 0 aliphatic rings. The molecule has 0 amide bonds. The molecule has 0 atom stereocenters. The predicted molar refractivity (Wildman–Crippen MR) is 27.9 cm³/mol. The van der Waals surface area contributed by atoms with Crippen LogP contribution in [0.3, 0.4) is 0 Å². The zero-order valence-electron chi connectivity index (χ0n) is 5.20. The maximum absolute atomic E-state index is 10.1. The molecule has 0 radical (unpaired) electrons. The van der Waals surface area contributed by atoms with E-state index in [1.54, 1.807) is 0 Å². The van der Waals surface area contributed by atoms with Crippen molar-refractivity contribution in [3.63, 3.8) is 0 Å². The van der Waals surface area contributed by atoms with Crippen LogP contribution in [0.4, 0.5) is 0 Å². The van der Waals surface area contributed by atoms with Gasteiger partial charge in [-0.1, -0.05) is 0 Å². The number of aliphatic carboxylic acids is 1. The third-order valence-electron chi connectivity index (χ3n) is 0.648. The van der Waals surface area contributed by atoms with Crippen molar-refractivity contribution >= 4 is 17.5 Å². The Kier molecular flexibility index (Phi) is 6.46. The number of hydrogen-bond donors (Lipinski definition) is 1. The van der Waals surface area contributed by atoms with Crippen LogP contribution in [0.25, 0.3) is 0 Å². The summed E-state index contributed by atoms with van der Waals surface area (Å²) >= 11 is 0. The predicted octanol–water partition coefficient (Wildman–Crippen LogP) is -0.383. The summed E-state index contributed by atoms with van der Waals surface area (Å²) in [5, 5.41) is 7.93. The Hall–Kier alpha value is -0.502. The number of Topliss-reactive ketones (excluding diaryl/α,β-unsaturated/α-hetero) is 2. The van der Waals surface area contributed by atoms with E-state index in [9.17, 15) is 14.4 Å². The molecule has 0 spiro atoms. The van der Waals surface area contributed by atoms with Crippen LogP contribution in [-0.2, 0) is 35.4 Å². The minimum Gasteiger partial charge on any atom is -0.475 e. The fraction of sp³-hybridized carbons (Fsp3) is 0.400. The van der Waals surface area contributed by atoms with E-state index in [1.165, 1.54) is 6.92 Å². The molecule has 0 aliphatic heterocycles. The van der Waals surface area contributed by atoms with Crippen molar-refractivity contribution in [3.8, 4) is 0 Å². The molecule has 5 heteroatoms. The standard InChI is InChI=1S/C5H6O4.Pt/c1-3(6)2-4(7)5(8)9;/h2H2,1H3,(H,8,9);. The first-order valence-electron chi connectivity index (χ1n) is 2.29. The molecule has 0 aliphatic carbocycles. The fourth-order valence-electron chi connectivity index (χ4n) is 0.302. The molecule has 60 valence electrons. The van der Waals surface area contributed by atoms with Gasteiger partial charge < -0.3 is 5.11 Å². The van der Waals surface area contributed by atoms with E-state index in [0.717, 1.165) is 0 Å². The van der Waals surface area contributed by atoms with E-state index in [1.807, 2.05) is 0 Å². The molecule has 0 bridgehead atoms. The summed E-state index contributed by atoms with van der Waals surface area (Å²) in [6.07, 6.45) is -0.505. The van der Waals surface area contributed by atoms with Gasteiger partial charge in [-0.25, -0.2) is 4.79 Å². The van der Waals surface area contributed by atoms with Gasteiger partial charge >= 0.3 is 5.97 Å². The molecule has 0 rings (SSSR count). The Labute approximate surface area is 71.9 Å². The van der Waals surface area contributed by atoms with Crippen LogP contribution in [0.2, 0.25) is 0 Å². The van der Waals surface area contributed by atoms with E-state index in [4.69, 9.17) is 5.11 Å². The third-order valence-corrected chi connectivity index (χ3v) is 0.648. The molecule has 0 unspecified atom stereocenters. The van der Waals surface area contributed by atoms with Crippen LogP contribution < -0.4 is 0 Å². The topological polar surface area (TPSA) is 71.4 Å². The summed E-state index contributed by atoms with van der Waals surface area (Å²) in [6.45, 7) is 1.17. The summed E-state index contributed by atoms with van der Waals surface area (Å²) in [5.74, 6) is -3.03. The van der Waals surface area contributed by atoms with Gasteiger partial charge in [-0.3, -0.25) is 9.59 Å². The number of rotatable bonds is 3. The Morgan fingerprint density at radius 1 is 1.30 bits per heavy atom. The zero-order chi connectivity index (χ0) is 7.44. The van der Waals surface area contributed by atoms with Crippen molar-refractivity contribution in [1.29, 1.82) is 0 Å². The number of carbonyl (C=O) groups excluding carboxylic acids is 2. The van der Waals surface area contributed by atoms with Crippen molar-refractivity contribution in [2.24, 2.45) is 0 Å². The van der Waals surface area contributed by atoms with E-state index >= 15 is 0 Å². The number of ketones is 2. The first-order chi connectivity index (χ1) is 4.04. The first kappa shape index (κ1) is 12.2. The van der Waals surface area contributed by atoms with Gasteiger partial charge in [0.1, 0.15) is 5.78 Å². The number of hydrogen-bond acceptors (Lipinski definition) is 3. The molecule has 0 aromatic carbocycles. The number of carboxylic acid groups (broad SMARTS) is 1. The van der Waals surface area contributed by atoms with Gasteiger partial charge in [-0.2, -0.15) is 0 Å². The minimum atomic E-state index is -1.55. The van der Waals surface area contributed by atoms with Gasteiger partial charge in [0, 0.05) is 21.1 Å². The minimum absolute atomic E-state index is 0. The van der Waals surface area contributed by atoms with Crippen LogP contribution in [0.15, 0.2) is 0 Å². The second-order valence-corrected chi connectivity index (χ2v) is 1.61. The van der Waals surface area contributed by atoms with Crippen LogP contribution >= 0.6 is 0 Å². The third kappa shape index (κ3) is 5.63. The second-order valence-electron chi connectivity index (χ2n) is 1.61. The average Bonchev–Trinajstić information content (AvgIpc) is 1.63. The maximum atomic E-state index is 10.1. The van der Waals surface area contributed by atoms with E-state index in [2.05, 4.69) is 0 Å². The first-order valence-corrected chi connectivity index (χ1v) is 2.29. The molecule has 0 saturated heterocycles. The Morgan fingerprint density at radius 3 is 1.80 bits per heavy atom. The molecule has 0 aromatic heterocycles. The molecule has 0 aromatic rings. The Bertz CT molecular complexity index is 163. The van der Waals surface area contributed by atoms with Crippen molar-refractivity contribution in [3.05, 3.63) is 0 Å². The summed E-state index contributed by atoms with van der Waals surface area (Å²) in [4.78, 5) is 29.9. The molecule has 4 nitrogen and oxygen atoms in total. The number of carboxylic acids is 1. The van der Waals surface area contributed by atoms with Crippen LogP contribution in [0, 0.1) is 0 Å². The van der Waals surface area contributed by atoms with E-state index < -0.39 is 24.0 Å². The molecule has 0 fully saturated rings. The van der Waals surface area contributed by atoms with Crippen molar-refractivity contribution in [1.82, 2.24) is 0 Å². The van der Waals surface area contributed by atoms with Crippen LogP contribution in [0.1, 0.15) is 13.3 Å². The fourth-order valence-corrected chi connectivity index (χ4v) is 0.302. The quantitative estimate of drug-likeness (QED) is 0.567. The van der Waals surface area contributed by atoms with Crippen molar-refractivity contribution in [2.45, 2.75) is 13.3 Å². The summed E-state index contributed by atoms with van der Waals surface area (Å²) < 4.78 is 0. The van der Waals surface area contributed by atoms with Gasteiger partial charge in [0.15, 0.2) is 0 Å². The normalized spacial score (nSPS) is 7.70. The van der Waals surface area contributed by atoms with Gasteiger partial charge in [0.05, 0.1) is 6.42 Å². The maximum Gasteiger partial charge on any atom is 0.372 e. The molecular formula is C5H6O4Pt. The second kappa shape index (κ2) is 5.30. The molecule has 1 N–H and O–H groups in total. The molecule has 0 saturated carbocycles. The summed E-state index contributed by atoms with van der Waals surface area (Å²) in [7, 11) is 0. The van der Waals surface area contributed by atoms with Gasteiger partial charge in [-0.05, 0) is 6.92 Å².